The average molecular weight is 350 g/mol. The second kappa shape index (κ2) is 8.16. The molecule has 0 aliphatic heterocycles. The van der Waals surface area contributed by atoms with E-state index in [4.69, 9.17) is 4.74 Å². The number of halogens is 1. The van der Waals surface area contributed by atoms with Gasteiger partial charge in [0.15, 0.2) is 0 Å². The minimum Gasteiger partial charge on any atom is -0.497 e. The van der Waals surface area contributed by atoms with E-state index in [9.17, 15) is 9.18 Å². The van der Waals surface area contributed by atoms with Gasteiger partial charge in [0.2, 0.25) is 0 Å². The lowest BCUT2D eigenvalue weighted by atomic mass is 10.1. The average Bonchev–Trinajstić information content (AvgIpc) is 2.68. The lowest BCUT2D eigenvalue weighted by Crippen LogP contribution is -2.27. The molecule has 0 saturated heterocycles. The first-order valence-electron chi connectivity index (χ1n) is 8.17. The van der Waals surface area contributed by atoms with Gasteiger partial charge in [-0.15, -0.1) is 0 Å². The van der Waals surface area contributed by atoms with Crippen molar-refractivity contribution >= 4 is 17.3 Å². The second-order valence-electron chi connectivity index (χ2n) is 5.72. The van der Waals surface area contributed by atoms with E-state index >= 15 is 0 Å². The zero-order valence-corrected chi connectivity index (χ0v) is 14.3. The highest BCUT2D eigenvalue weighted by atomic mass is 19.1. The third-order valence-electron chi connectivity index (χ3n) is 3.89. The molecular formula is C21H19FN2O2. The van der Waals surface area contributed by atoms with Gasteiger partial charge in [0.1, 0.15) is 17.6 Å². The van der Waals surface area contributed by atoms with Crippen LogP contribution in [-0.2, 0) is 4.79 Å². The molecule has 0 fully saturated rings. The first-order valence-corrected chi connectivity index (χ1v) is 8.17. The minimum atomic E-state index is -0.632. The van der Waals surface area contributed by atoms with Crippen molar-refractivity contribution in [3.63, 3.8) is 0 Å². The Kier molecular flexibility index (Phi) is 5.49. The largest absolute Gasteiger partial charge is 0.497 e. The Morgan fingerprint density at radius 3 is 2.35 bits per heavy atom. The normalized spacial score (nSPS) is 11.5. The Bertz CT molecular complexity index is 867. The second-order valence-corrected chi connectivity index (χ2v) is 5.72. The number of methoxy groups -OCH3 is 1. The number of anilines is 2. The molecule has 0 heterocycles. The van der Waals surface area contributed by atoms with Crippen LogP contribution in [0.1, 0.15) is 11.6 Å². The van der Waals surface area contributed by atoms with E-state index in [0.29, 0.717) is 17.1 Å². The first-order chi connectivity index (χ1) is 12.7. The topological polar surface area (TPSA) is 50.4 Å². The van der Waals surface area contributed by atoms with Crippen molar-refractivity contribution in [2.45, 2.75) is 6.04 Å². The molecule has 0 aliphatic carbocycles. The summed E-state index contributed by atoms with van der Waals surface area (Å²) >= 11 is 0. The summed E-state index contributed by atoms with van der Waals surface area (Å²) in [5, 5.41) is 6.05. The Hall–Kier alpha value is -3.34. The number of carbonyl (C=O) groups is 1. The smallest absolute Gasteiger partial charge is 0.251 e. The molecule has 0 radical (unpaired) electrons. The zero-order valence-electron chi connectivity index (χ0n) is 14.3. The predicted molar refractivity (Wildman–Crippen MR) is 101 cm³/mol. The van der Waals surface area contributed by atoms with E-state index in [-0.39, 0.29) is 11.7 Å². The number of rotatable bonds is 6. The van der Waals surface area contributed by atoms with Crippen LogP contribution in [-0.4, -0.2) is 13.0 Å². The molecule has 0 aromatic heterocycles. The van der Waals surface area contributed by atoms with Crippen molar-refractivity contribution < 1.29 is 13.9 Å². The summed E-state index contributed by atoms with van der Waals surface area (Å²) in [7, 11) is 1.57. The van der Waals surface area contributed by atoms with Gasteiger partial charge in [0.05, 0.1) is 7.11 Å². The molecule has 26 heavy (non-hydrogen) atoms. The van der Waals surface area contributed by atoms with E-state index in [1.165, 1.54) is 12.1 Å². The molecule has 0 spiro atoms. The third kappa shape index (κ3) is 4.39. The maximum atomic E-state index is 13.1. The maximum Gasteiger partial charge on any atom is 0.251 e. The zero-order chi connectivity index (χ0) is 18.4. The fraction of sp³-hybridized carbons (Fsp3) is 0.0952. The molecule has 0 saturated carbocycles. The summed E-state index contributed by atoms with van der Waals surface area (Å²) < 4.78 is 18.3. The Labute approximate surface area is 151 Å². The quantitative estimate of drug-likeness (QED) is 0.682. The monoisotopic (exact) mass is 350 g/mol. The van der Waals surface area contributed by atoms with Crippen LogP contribution in [0.25, 0.3) is 0 Å². The molecule has 0 aliphatic rings. The Morgan fingerprint density at radius 1 is 0.923 bits per heavy atom. The van der Waals surface area contributed by atoms with Crippen molar-refractivity contribution in [3.05, 3.63) is 90.2 Å². The molecule has 1 atom stereocenters. The molecule has 4 nitrogen and oxygen atoms in total. The molecule has 132 valence electrons. The molecule has 0 unspecified atom stereocenters. The lowest BCUT2D eigenvalue weighted by molar-refractivity contribution is -0.117. The van der Waals surface area contributed by atoms with Gasteiger partial charge in [-0.2, -0.15) is 0 Å². The fourth-order valence-corrected chi connectivity index (χ4v) is 2.57. The summed E-state index contributed by atoms with van der Waals surface area (Å²) in [4.78, 5) is 12.9. The van der Waals surface area contributed by atoms with Gasteiger partial charge in [-0.05, 0) is 42.0 Å². The van der Waals surface area contributed by atoms with Crippen LogP contribution in [0.15, 0.2) is 78.9 Å². The molecule has 1 amide bonds. The third-order valence-corrected chi connectivity index (χ3v) is 3.89. The Balaban J connectivity index is 1.84. The fourth-order valence-electron chi connectivity index (χ4n) is 2.57. The van der Waals surface area contributed by atoms with E-state index in [1.54, 1.807) is 43.5 Å². The molecule has 3 rings (SSSR count). The van der Waals surface area contributed by atoms with Crippen LogP contribution < -0.4 is 15.4 Å². The SMILES string of the molecule is COc1cccc(NC(=O)[C@@H](Nc2ccc(F)cc2)c2ccccc2)c1. The number of ether oxygens (including phenoxy) is 1. The lowest BCUT2D eigenvalue weighted by Gasteiger charge is -2.20. The summed E-state index contributed by atoms with van der Waals surface area (Å²) in [6, 6.07) is 21.8. The van der Waals surface area contributed by atoms with Gasteiger partial charge in [0.25, 0.3) is 5.91 Å². The maximum absolute atomic E-state index is 13.1. The Morgan fingerprint density at radius 2 is 1.65 bits per heavy atom. The first kappa shape index (κ1) is 17.5. The number of amides is 1. The van der Waals surface area contributed by atoms with E-state index in [2.05, 4.69) is 10.6 Å². The predicted octanol–water partition coefficient (Wildman–Crippen LogP) is 4.63. The van der Waals surface area contributed by atoms with Crippen LogP contribution in [0, 0.1) is 5.82 Å². The van der Waals surface area contributed by atoms with E-state index in [0.717, 1.165) is 5.56 Å². The highest BCUT2D eigenvalue weighted by molar-refractivity contribution is 5.97. The van der Waals surface area contributed by atoms with E-state index in [1.807, 2.05) is 30.3 Å². The number of nitrogens with one attached hydrogen (secondary N) is 2. The van der Waals surface area contributed by atoms with Crippen molar-refractivity contribution in [2.75, 3.05) is 17.7 Å². The minimum absolute atomic E-state index is 0.228. The number of benzene rings is 3. The molecule has 2 N–H and O–H groups in total. The molecule has 3 aromatic rings. The molecule has 5 heteroatoms. The number of hydrogen-bond donors (Lipinski definition) is 2. The van der Waals surface area contributed by atoms with Crippen LogP contribution >= 0.6 is 0 Å². The number of hydrogen-bond acceptors (Lipinski definition) is 3. The van der Waals surface area contributed by atoms with Gasteiger partial charge >= 0.3 is 0 Å². The highest BCUT2D eigenvalue weighted by Gasteiger charge is 2.20. The van der Waals surface area contributed by atoms with Gasteiger partial charge in [0, 0.05) is 17.4 Å². The standard InChI is InChI=1S/C21H19FN2O2/c1-26-19-9-5-8-18(14-19)24-21(25)20(15-6-3-2-4-7-15)23-17-12-10-16(22)11-13-17/h2-14,20,23H,1H3,(H,24,25)/t20-/m0/s1. The summed E-state index contributed by atoms with van der Waals surface area (Å²) in [6.45, 7) is 0. The van der Waals surface area contributed by atoms with Crippen LogP contribution in [0.5, 0.6) is 5.75 Å². The van der Waals surface area contributed by atoms with Crippen molar-refractivity contribution in [1.82, 2.24) is 0 Å². The van der Waals surface area contributed by atoms with Crippen molar-refractivity contribution in [1.29, 1.82) is 0 Å². The van der Waals surface area contributed by atoms with Crippen LogP contribution in [0.2, 0.25) is 0 Å². The van der Waals surface area contributed by atoms with Crippen molar-refractivity contribution in [2.24, 2.45) is 0 Å². The van der Waals surface area contributed by atoms with Crippen molar-refractivity contribution in [3.8, 4) is 5.75 Å². The van der Waals surface area contributed by atoms with Gasteiger partial charge in [-0.25, -0.2) is 4.39 Å². The summed E-state index contributed by atoms with van der Waals surface area (Å²) in [5.74, 6) is 0.104. The summed E-state index contributed by atoms with van der Waals surface area (Å²) in [5.41, 5.74) is 2.09. The summed E-state index contributed by atoms with van der Waals surface area (Å²) in [6.07, 6.45) is 0. The molecule has 0 bridgehead atoms. The van der Waals surface area contributed by atoms with Crippen LogP contribution in [0.3, 0.4) is 0 Å². The molecule has 3 aromatic carbocycles. The van der Waals surface area contributed by atoms with Gasteiger partial charge in [-0.1, -0.05) is 36.4 Å². The molecular weight excluding hydrogens is 331 g/mol. The highest BCUT2D eigenvalue weighted by Crippen LogP contribution is 2.23. The van der Waals surface area contributed by atoms with Crippen LogP contribution in [0.4, 0.5) is 15.8 Å². The number of carbonyl (C=O) groups excluding carboxylic acids is 1. The van der Waals surface area contributed by atoms with E-state index < -0.39 is 6.04 Å². The van der Waals surface area contributed by atoms with Gasteiger partial charge < -0.3 is 15.4 Å². The van der Waals surface area contributed by atoms with Gasteiger partial charge in [-0.3, -0.25) is 4.79 Å².